The Bertz CT molecular complexity index is 768. The smallest absolute Gasteiger partial charge is 0.261 e. The Morgan fingerprint density at radius 2 is 1.90 bits per heavy atom. The van der Waals surface area contributed by atoms with Crippen LogP contribution in [0.15, 0.2) is 45.8 Å². The Hall–Kier alpha value is -1.31. The van der Waals surface area contributed by atoms with Crippen LogP contribution in [0.4, 0.5) is 15.8 Å². The van der Waals surface area contributed by atoms with Gasteiger partial charge in [0.15, 0.2) is 0 Å². The van der Waals surface area contributed by atoms with Crippen molar-refractivity contribution in [2.45, 2.75) is 4.90 Å². The predicted octanol–water partition coefficient (Wildman–Crippen LogP) is 3.62. The zero-order valence-electron chi connectivity index (χ0n) is 9.90. The van der Waals surface area contributed by atoms with Gasteiger partial charge >= 0.3 is 0 Å². The number of benzene rings is 2. The number of rotatable bonds is 3. The van der Waals surface area contributed by atoms with E-state index in [1.807, 2.05) is 0 Å². The van der Waals surface area contributed by atoms with Gasteiger partial charge < -0.3 is 5.73 Å². The average Bonchev–Trinajstić information content (AvgIpc) is 2.37. The van der Waals surface area contributed by atoms with Crippen LogP contribution in [0, 0.1) is 5.82 Å². The van der Waals surface area contributed by atoms with E-state index in [1.165, 1.54) is 6.07 Å². The van der Waals surface area contributed by atoms with Crippen LogP contribution in [0.1, 0.15) is 0 Å². The molecule has 2 aromatic rings. The number of nitrogen functional groups attached to an aromatic ring is 1. The van der Waals surface area contributed by atoms with Crippen LogP contribution in [-0.4, -0.2) is 8.42 Å². The number of halogens is 3. The first kappa shape index (κ1) is 15.1. The highest BCUT2D eigenvalue weighted by molar-refractivity contribution is 9.10. The van der Waals surface area contributed by atoms with E-state index in [-0.39, 0.29) is 10.6 Å². The van der Waals surface area contributed by atoms with Crippen molar-refractivity contribution in [3.8, 4) is 0 Å². The van der Waals surface area contributed by atoms with E-state index >= 15 is 0 Å². The van der Waals surface area contributed by atoms with Crippen molar-refractivity contribution in [2.75, 3.05) is 10.5 Å². The lowest BCUT2D eigenvalue weighted by Crippen LogP contribution is -2.13. The van der Waals surface area contributed by atoms with Crippen LogP contribution in [-0.2, 0) is 10.0 Å². The molecule has 2 aromatic carbocycles. The highest BCUT2D eigenvalue weighted by atomic mass is 79.9. The summed E-state index contributed by atoms with van der Waals surface area (Å²) in [4.78, 5) is -0.129. The Morgan fingerprint density at radius 3 is 2.50 bits per heavy atom. The zero-order chi connectivity index (χ0) is 14.9. The van der Waals surface area contributed by atoms with E-state index < -0.39 is 15.8 Å². The van der Waals surface area contributed by atoms with Crippen molar-refractivity contribution in [1.29, 1.82) is 0 Å². The summed E-state index contributed by atoms with van der Waals surface area (Å²) >= 11 is 9.09. The maximum atomic E-state index is 13.0. The molecule has 0 aliphatic rings. The predicted molar refractivity (Wildman–Crippen MR) is 80.8 cm³/mol. The van der Waals surface area contributed by atoms with E-state index in [4.69, 9.17) is 17.3 Å². The first-order valence-electron chi connectivity index (χ1n) is 5.32. The van der Waals surface area contributed by atoms with E-state index in [9.17, 15) is 12.8 Å². The minimum absolute atomic E-state index is 0.129. The summed E-state index contributed by atoms with van der Waals surface area (Å²) in [7, 11) is -3.85. The lowest BCUT2D eigenvalue weighted by atomic mass is 10.3. The van der Waals surface area contributed by atoms with Crippen molar-refractivity contribution in [1.82, 2.24) is 0 Å². The number of hydrogen-bond acceptors (Lipinski definition) is 3. The average molecular weight is 380 g/mol. The largest absolute Gasteiger partial charge is 0.396 e. The molecule has 0 unspecified atom stereocenters. The molecule has 106 valence electrons. The van der Waals surface area contributed by atoms with Crippen molar-refractivity contribution in [3.63, 3.8) is 0 Å². The highest BCUT2D eigenvalue weighted by Gasteiger charge is 2.16. The second-order valence-corrected chi connectivity index (χ2v) is 6.86. The SMILES string of the molecule is Nc1cc(S(=O)(=O)Nc2ccc(Br)c(Cl)c2)ccc1F. The molecule has 20 heavy (non-hydrogen) atoms. The van der Waals surface area contributed by atoms with Crippen LogP contribution in [0.5, 0.6) is 0 Å². The highest BCUT2D eigenvalue weighted by Crippen LogP contribution is 2.27. The number of anilines is 2. The van der Waals surface area contributed by atoms with Crippen LogP contribution in [0.3, 0.4) is 0 Å². The molecule has 0 heterocycles. The Balaban J connectivity index is 2.35. The first-order chi connectivity index (χ1) is 9.29. The van der Waals surface area contributed by atoms with Gasteiger partial charge in [0.25, 0.3) is 10.0 Å². The van der Waals surface area contributed by atoms with Gasteiger partial charge in [0.2, 0.25) is 0 Å². The molecule has 2 rings (SSSR count). The van der Waals surface area contributed by atoms with E-state index in [0.717, 1.165) is 18.2 Å². The molecule has 0 atom stereocenters. The molecule has 0 saturated heterocycles. The van der Waals surface area contributed by atoms with Gasteiger partial charge in [-0.25, -0.2) is 12.8 Å². The third-order valence-corrected chi connectivity index (χ3v) is 5.06. The molecule has 0 spiro atoms. The number of hydrogen-bond donors (Lipinski definition) is 2. The maximum absolute atomic E-state index is 13.0. The maximum Gasteiger partial charge on any atom is 0.261 e. The molecular formula is C12H9BrClFN2O2S. The molecule has 0 amide bonds. The third-order valence-electron chi connectivity index (χ3n) is 2.45. The lowest BCUT2D eigenvalue weighted by Gasteiger charge is -2.09. The van der Waals surface area contributed by atoms with Crippen LogP contribution < -0.4 is 10.5 Å². The fourth-order valence-corrected chi connectivity index (χ4v) is 2.97. The summed E-state index contributed by atoms with van der Waals surface area (Å²) < 4.78 is 40.3. The summed E-state index contributed by atoms with van der Waals surface area (Å²) in [6.07, 6.45) is 0. The molecule has 0 aliphatic heterocycles. The Labute approximate surface area is 128 Å². The van der Waals surface area contributed by atoms with Gasteiger partial charge in [-0.05, 0) is 52.3 Å². The number of sulfonamides is 1. The van der Waals surface area contributed by atoms with Crippen LogP contribution >= 0.6 is 27.5 Å². The van der Waals surface area contributed by atoms with Crippen molar-refractivity contribution >= 4 is 48.9 Å². The van der Waals surface area contributed by atoms with E-state index in [1.54, 1.807) is 12.1 Å². The topological polar surface area (TPSA) is 72.2 Å². The third kappa shape index (κ3) is 3.23. The summed E-state index contributed by atoms with van der Waals surface area (Å²) in [6, 6.07) is 7.79. The summed E-state index contributed by atoms with van der Waals surface area (Å²) in [5.41, 5.74) is 5.42. The Kier molecular flexibility index (Phi) is 4.22. The molecule has 0 aromatic heterocycles. The second kappa shape index (κ2) is 5.59. The van der Waals surface area contributed by atoms with Gasteiger partial charge in [0, 0.05) is 4.47 Å². The summed E-state index contributed by atoms with van der Waals surface area (Å²) in [5, 5.41) is 0.365. The van der Waals surface area contributed by atoms with Crippen molar-refractivity contribution in [3.05, 3.63) is 51.7 Å². The lowest BCUT2D eigenvalue weighted by molar-refractivity contribution is 0.600. The van der Waals surface area contributed by atoms with E-state index in [2.05, 4.69) is 20.7 Å². The Morgan fingerprint density at radius 1 is 1.20 bits per heavy atom. The normalized spacial score (nSPS) is 11.3. The minimum Gasteiger partial charge on any atom is -0.396 e. The fourth-order valence-electron chi connectivity index (χ4n) is 1.46. The molecule has 0 saturated carbocycles. The van der Waals surface area contributed by atoms with Crippen LogP contribution in [0.2, 0.25) is 5.02 Å². The number of nitrogens with two attached hydrogens (primary N) is 1. The summed E-state index contributed by atoms with van der Waals surface area (Å²) in [5.74, 6) is -0.671. The zero-order valence-corrected chi connectivity index (χ0v) is 13.1. The number of nitrogens with one attached hydrogen (secondary N) is 1. The second-order valence-electron chi connectivity index (χ2n) is 3.92. The molecular weight excluding hydrogens is 371 g/mol. The van der Waals surface area contributed by atoms with Gasteiger partial charge in [-0.1, -0.05) is 11.6 Å². The summed E-state index contributed by atoms with van der Waals surface area (Å²) in [6.45, 7) is 0. The monoisotopic (exact) mass is 378 g/mol. The fraction of sp³-hybridized carbons (Fsp3) is 0. The molecule has 8 heteroatoms. The molecule has 0 radical (unpaired) electrons. The molecule has 0 fully saturated rings. The van der Waals surface area contributed by atoms with Crippen molar-refractivity contribution < 1.29 is 12.8 Å². The van der Waals surface area contributed by atoms with Crippen molar-refractivity contribution in [2.24, 2.45) is 0 Å². The van der Waals surface area contributed by atoms with E-state index in [0.29, 0.717) is 15.2 Å². The standard InChI is InChI=1S/C12H9BrClFN2O2S/c13-9-3-1-7(5-10(9)14)17-20(18,19)8-2-4-11(15)12(16)6-8/h1-6,17H,16H2. The quantitative estimate of drug-likeness (QED) is 0.800. The molecule has 4 nitrogen and oxygen atoms in total. The van der Waals surface area contributed by atoms with Gasteiger partial charge in [-0.3, -0.25) is 4.72 Å². The van der Waals surface area contributed by atoms with Gasteiger partial charge in [-0.2, -0.15) is 0 Å². The van der Waals surface area contributed by atoms with Gasteiger partial charge in [0.05, 0.1) is 21.3 Å². The molecule has 0 aliphatic carbocycles. The van der Waals surface area contributed by atoms with Gasteiger partial charge in [-0.15, -0.1) is 0 Å². The van der Waals surface area contributed by atoms with Gasteiger partial charge in [0.1, 0.15) is 5.82 Å². The molecule has 0 bridgehead atoms. The molecule has 3 N–H and O–H groups in total. The van der Waals surface area contributed by atoms with Crippen LogP contribution in [0.25, 0.3) is 0 Å². The minimum atomic E-state index is -3.85. The first-order valence-corrected chi connectivity index (χ1v) is 7.98.